The number of carbonyl (C=O) groups excluding carboxylic acids is 2. The number of hydrogen-bond donors (Lipinski definition) is 4. The Morgan fingerprint density at radius 1 is 0.727 bits per heavy atom. The van der Waals surface area contributed by atoms with E-state index >= 15 is 0 Å². The van der Waals surface area contributed by atoms with Gasteiger partial charge in [-0.15, -0.1) is 0 Å². The molecular formula is C32H58NO10P. The molecule has 0 radical (unpaired) electrons. The number of carboxylic acids is 1. The summed E-state index contributed by atoms with van der Waals surface area (Å²) >= 11 is 0. The molecule has 0 saturated carbocycles. The normalized spacial score (nSPS) is 14.5. The van der Waals surface area contributed by atoms with Crippen molar-refractivity contribution in [3.05, 3.63) is 24.3 Å². The summed E-state index contributed by atoms with van der Waals surface area (Å²) in [7, 11) is -4.73. The predicted octanol–water partition coefficient (Wildman–Crippen LogP) is 6.77. The number of carbonyl (C=O) groups is 3. The van der Waals surface area contributed by atoms with Gasteiger partial charge in [0.15, 0.2) is 6.04 Å². The van der Waals surface area contributed by atoms with Crippen LogP contribution in [-0.4, -0.2) is 64.9 Å². The first-order chi connectivity index (χ1) is 21.1. The summed E-state index contributed by atoms with van der Waals surface area (Å²) in [5.41, 5.74) is 0. The van der Waals surface area contributed by atoms with Crippen LogP contribution in [0.5, 0.6) is 0 Å². The number of carboxylic acid groups (broad SMARTS) is 1. The number of rotatable bonds is 30. The van der Waals surface area contributed by atoms with Gasteiger partial charge in [0.25, 0.3) is 0 Å². The monoisotopic (exact) mass is 647 g/mol. The van der Waals surface area contributed by atoms with Crippen molar-refractivity contribution < 1.29 is 47.8 Å². The number of esters is 1. The summed E-state index contributed by atoms with van der Waals surface area (Å²) < 4.78 is 26.4. The summed E-state index contributed by atoms with van der Waals surface area (Å²) in [5.74, 6) is -2.42. The van der Waals surface area contributed by atoms with E-state index in [-0.39, 0.29) is 12.8 Å². The Bertz CT molecular complexity index is 864. The predicted molar refractivity (Wildman–Crippen MR) is 171 cm³/mol. The number of allylic oxidation sites excluding steroid dienone is 4. The average Bonchev–Trinajstić information content (AvgIpc) is 2.99. The first-order valence-corrected chi connectivity index (χ1v) is 17.9. The number of phosphoric acid groups is 1. The minimum absolute atomic E-state index is 0.130. The van der Waals surface area contributed by atoms with Crippen molar-refractivity contribution >= 4 is 25.7 Å². The maximum atomic E-state index is 12.2. The highest BCUT2D eigenvalue weighted by atomic mass is 31.2. The van der Waals surface area contributed by atoms with E-state index in [1.807, 2.05) is 0 Å². The van der Waals surface area contributed by atoms with Gasteiger partial charge in [0.2, 0.25) is 5.91 Å². The van der Waals surface area contributed by atoms with E-state index in [4.69, 9.17) is 9.26 Å². The van der Waals surface area contributed by atoms with Crippen molar-refractivity contribution in [2.45, 2.75) is 142 Å². The number of amides is 1. The number of hydrogen-bond acceptors (Lipinski definition) is 8. The van der Waals surface area contributed by atoms with Crippen LogP contribution in [0.1, 0.15) is 129 Å². The number of aliphatic carboxylic acids is 1. The van der Waals surface area contributed by atoms with Crippen LogP contribution in [0.15, 0.2) is 24.3 Å². The number of phosphoric ester groups is 1. The fourth-order valence-electron chi connectivity index (χ4n) is 4.11. The lowest BCUT2D eigenvalue weighted by Crippen LogP contribution is -2.43. The lowest BCUT2D eigenvalue weighted by molar-refractivity contribution is -0.147. The fraction of sp³-hybridized carbons (Fsp3) is 0.781. The van der Waals surface area contributed by atoms with Crippen LogP contribution in [0.25, 0.3) is 0 Å². The molecule has 44 heavy (non-hydrogen) atoms. The van der Waals surface area contributed by atoms with Gasteiger partial charge in [0.05, 0.1) is 13.2 Å². The van der Waals surface area contributed by atoms with E-state index in [1.165, 1.54) is 25.7 Å². The molecule has 0 aliphatic carbocycles. The standard InChI is InChI=1S/C32H58NO10P/c1-3-5-7-9-10-11-12-13-14-15-16-17-18-19-20-21-23-30(35)33-29(32(37)38)27-43-44(39,40)42-26-28(34)25-41-31(36)24-22-8-6-4-2/h11-12,14-15,28-29,34H,3-10,13,16-27H2,1-2H3,(H,33,35)(H,37,38)(H,39,40)/b12-11-,15-14-. The van der Waals surface area contributed by atoms with Crippen LogP contribution in [0.2, 0.25) is 0 Å². The number of ether oxygens (including phenoxy) is 1. The van der Waals surface area contributed by atoms with Crippen molar-refractivity contribution in [2.24, 2.45) is 0 Å². The number of unbranched alkanes of at least 4 members (excludes halogenated alkanes) is 12. The second-order valence-corrected chi connectivity index (χ2v) is 12.5. The summed E-state index contributed by atoms with van der Waals surface area (Å²) in [5, 5.41) is 21.5. The maximum Gasteiger partial charge on any atom is 0.472 e. The van der Waals surface area contributed by atoms with E-state index in [0.29, 0.717) is 12.8 Å². The molecule has 0 aliphatic heterocycles. The van der Waals surface area contributed by atoms with Crippen LogP contribution in [0.3, 0.4) is 0 Å². The van der Waals surface area contributed by atoms with Crippen LogP contribution >= 0.6 is 7.82 Å². The molecule has 0 aliphatic rings. The highest BCUT2D eigenvalue weighted by molar-refractivity contribution is 7.47. The second-order valence-electron chi connectivity index (χ2n) is 11.0. The van der Waals surface area contributed by atoms with Gasteiger partial charge in [-0.25, -0.2) is 9.36 Å². The Kier molecular flexibility index (Phi) is 27.1. The van der Waals surface area contributed by atoms with E-state index in [0.717, 1.165) is 64.2 Å². The maximum absolute atomic E-state index is 12.2. The molecule has 12 heteroatoms. The SMILES string of the molecule is CCCCCC/C=C\C/C=C\CCCCCCCC(=O)NC(COP(=O)(O)OCC(O)COC(=O)CCCCCC)C(=O)O. The second kappa shape index (κ2) is 28.4. The van der Waals surface area contributed by atoms with E-state index < -0.39 is 57.6 Å². The molecule has 0 aromatic carbocycles. The first-order valence-electron chi connectivity index (χ1n) is 16.4. The van der Waals surface area contributed by atoms with E-state index in [1.54, 1.807) is 0 Å². The molecule has 11 nitrogen and oxygen atoms in total. The molecule has 0 saturated heterocycles. The third-order valence-corrected chi connectivity index (χ3v) is 7.69. The Balaban J connectivity index is 4.04. The molecule has 0 spiro atoms. The topological polar surface area (TPSA) is 169 Å². The molecule has 0 aromatic rings. The number of aliphatic hydroxyl groups excluding tert-OH is 1. The largest absolute Gasteiger partial charge is 0.480 e. The summed E-state index contributed by atoms with van der Waals surface area (Å²) in [6.45, 7) is 2.37. The zero-order valence-electron chi connectivity index (χ0n) is 27.0. The zero-order chi connectivity index (χ0) is 32.9. The van der Waals surface area contributed by atoms with Gasteiger partial charge in [0.1, 0.15) is 12.7 Å². The highest BCUT2D eigenvalue weighted by Gasteiger charge is 2.28. The van der Waals surface area contributed by atoms with Crippen LogP contribution in [0, 0.1) is 0 Å². The molecule has 256 valence electrons. The number of nitrogens with one attached hydrogen (secondary N) is 1. The lowest BCUT2D eigenvalue weighted by atomic mass is 10.1. The Hall–Kier alpha value is -2.04. The lowest BCUT2D eigenvalue weighted by Gasteiger charge is -2.18. The van der Waals surface area contributed by atoms with Crippen molar-refractivity contribution in [2.75, 3.05) is 19.8 Å². The van der Waals surface area contributed by atoms with E-state index in [2.05, 4.69) is 48.0 Å². The molecule has 0 aromatic heterocycles. The minimum Gasteiger partial charge on any atom is -0.480 e. The van der Waals surface area contributed by atoms with Crippen molar-refractivity contribution in [3.63, 3.8) is 0 Å². The van der Waals surface area contributed by atoms with Crippen LogP contribution in [0.4, 0.5) is 0 Å². The molecule has 0 bridgehead atoms. The molecule has 4 N–H and O–H groups in total. The smallest absolute Gasteiger partial charge is 0.472 e. The molecule has 0 rings (SSSR count). The van der Waals surface area contributed by atoms with Crippen molar-refractivity contribution in [1.82, 2.24) is 5.32 Å². The molecule has 3 unspecified atom stereocenters. The van der Waals surface area contributed by atoms with E-state index in [9.17, 15) is 34.1 Å². The third kappa shape index (κ3) is 27.5. The molecule has 1 amide bonds. The molecule has 3 atom stereocenters. The van der Waals surface area contributed by atoms with Gasteiger partial charge >= 0.3 is 19.8 Å². The van der Waals surface area contributed by atoms with Gasteiger partial charge in [0, 0.05) is 12.8 Å². The average molecular weight is 648 g/mol. The molecular weight excluding hydrogens is 589 g/mol. The zero-order valence-corrected chi connectivity index (χ0v) is 27.9. The first kappa shape index (κ1) is 42.0. The minimum atomic E-state index is -4.73. The molecule has 0 heterocycles. The van der Waals surface area contributed by atoms with Gasteiger partial charge in [-0.2, -0.15) is 0 Å². The van der Waals surface area contributed by atoms with Gasteiger partial charge in [-0.3, -0.25) is 18.6 Å². The highest BCUT2D eigenvalue weighted by Crippen LogP contribution is 2.43. The molecule has 0 fully saturated rings. The third-order valence-electron chi connectivity index (χ3n) is 6.74. The Labute approximate surface area is 264 Å². The van der Waals surface area contributed by atoms with Crippen molar-refractivity contribution in [3.8, 4) is 0 Å². The number of aliphatic hydroxyl groups is 1. The summed E-state index contributed by atoms with van der Waals surface area (Å²) in [6, 6.07) is -1.55. The van der Waals surface area contributed by atoms with Gasteiger partial charge in [-0.1, -0.05) is 95.9 Å². The summed E-state index contributed by atoms with van der Waals surface area (Å²) in [4.78, 5) is 45.1. The fourth-order valence-corrected chi connectivity index (χ4v) is 4.88. The van der Waals surface area contributed by atoms with Crippen LogP contribution < -0.4 is 5.32 Å². The Morgan fingerprint density at radius 3 is 1.86 bits per heavy atom. The van der Waals surface area contributed by atoms with Crippen LogP contribution in [-0.2, 0) is 32.7 Å². The van der Waals surface area contributed by atoms with Gasteiger partial charge < -0.3 is 25.2 Å². The van der Waals surface area contributed by atoms with Gasteiger partial charge in [-0.05, 0) is 44.9 Å². The summed E-state index contributed by atoms with van der Waals surface area (Å²) in [6.07, 6.45) is 24.3. The Morgan fingerprint density at radius 2 is 1.25 bits per heavy atom. The van der Waals surface area contributed by atoms with Crippen molar-refractivity contribution in [1.29, 1.82) is 0 Å². The quantitative estimate of drug-likeness (QED) is 0.0283.